The van der Waals surface area contributed by atoms with Crippen LogP contribution in [0.4, 0.5) is 0 Å². The summed E-state index contributed by atoms with van der Waals surface area (Å²) >= 11 is 0. The third-order valence-electron chi connectivity index (χ3n) is 4.73. The summed E-state index contributed by atoms with van der Waals surface area (Å²) in [5.41, 5.74) is 1.14. The van der Waals surface area contributed by atoms with Gasteiger partial charge in [-0.3, -0.25) is 23.8 Å². The number of rotatable bonds is 8. The van der Waals surface area contributed by atoms with Crippen LogP contribution >= 0.6 is 14.7 Å². The lowest BCUT2D eigenvalue weighted by Gasteiger charge is -2.27. The van der Waals surface area contributed by atoms with Gasteiger partial charge in [0.2, 0.25) is 14.7 Å². The first-order valence-electron chi connectivity index (χ1n) is 9.27. The fourth-order valence-corrected chi connectivity index (χ4v) is 5.18. The predicted molar refractivity (Wildman–Crippen MR) is 108 cm³/mol. The van der Waals surface area contributed by atoms with Gasteiger partial charge in [-0.25, -0.2) is 0 Å². The van der Waals surface area contributed by atoms with E-state index < -0.39 is 27.4 Å². The molecule has 0 bridgehead atoms. The Hall–Kier alpha value is -0.600. The maximum Gasteiger partial charge on any atom is 0.238 e. The van der Waals surface area contributed by atoms with Crippen molar-refractivity contribution in [3.8, 4) is 0 Å². The predicted octanol–water partition coefficient (Wildman–Crippen LogP) is 0.462. The Balaban J connectivity index is 2.10. The molecule has 1 aliphatic heterocycles. The second-order valence-electron chi connectivity index (χ2n) is 7.26. The molecular weight excluding hydrogens is 404 g/mol. The summed E-state index contributed by atoms with van der Waals surface area (Å²) in [5.74, 6) is 0. The highest BCUT2D eigenvalue weighted by molar-refractivity contribution is 7.57. The van der Waals surface area contributed by atoms with Crippen molar-refractivity contribution in [3.05, 3.63) is 35.9 Å². The number of aliphatic hydroxyl groups is 2. The highest BCUT2D eigenvalue weighted by Gasteiger charge is 2.26. The van der Waals surface area contributed by atoms with Gasteiger partial charge in [-0.15, -0.1) is 0 Å². The van der Waals surface area contributed by atoms with Gasteiger partial charge in [0.1, 0.15) is 12.7 Å². The van der Waals surface area contributed by atoms with Crippen LogP contribution < -0.4 is 0 Å². The molecule has 1 aromatic rings. The Morgan fingerprint density at radius 2 is 1.11 bits per heavy atom. The van der Waals surface area contributed by atoms with Crippen molar-refractivity contribution in [2.45, 2.75) is 6.54 Å². The van der Waals surface area contributed by atoms with Crippen LogP contribution in [0.15, 0.2) is 30.3 Å². The SMILES string of the molecule is O=P(O)(CO)CN1CCN(Cc2ccccc2)CCN(CP(=O)(O)CO)CC1. The van der Waals surface area contributed by atoms with E-state index in [4.69, 9.17) is 10.2 Å². The summed E-state index contributed by atoms with van der Waals surface area (Å²) in [6.07, 6.45) is -1.77. The molecule has 1 heterocycles. The quantitative estimate of drug-likeness (QED) is 0.431. The Kier molecular flexibility index (Phi) is 9.28. The lowest BCUT2D eigenvalue weighted by molar-refractivity contribution is 0.219. The van der Waals surface area contributed by atoms with E-state index in [1.54, 1.807) is 0 Å². The van der Waals surface area contributed by atoms with Gasteiger partial charge in [-0.2, -0.15) is 0 Å². The Labute approximate surface area is 166 Å². The molecule has 2 atom stereocenters. The highest BCUT2D eigenvalue weighted by Crippen LogP contribution is 2.40. The minimum atomic E-state index is -3.64. The minimum Gasteiger partial charge on any atom is -0.386 e. The second kappa shape index (κ2) is 11.0. The summed E-state index contributed by atoms with van der Waals surface area (Å²) in [6.45, 7) is 4.04. The summed E-state index contributed by atoms with van der Waals surface area (Å²) in [4.78, 5) is 25.5. The Morgan fingerprint density at radius 1 is 0.714 bits per heavy atom. The van der Waals surface area contributed by atoms with Crippen molar-refractivity contribution in [1.29, 1.82) is 0 Å². The molecule has 0 aliphatic carbocycles. The van der Waals surface area contributed by atoms with Crippen LogP contribution in [0.2, 0.25) is 0 Å². The van der Waals surface area contributed by atoms with E-state index in [0.29, 0.717) is 45.8 Å². The zero-order chi connectivity index (χ0) is 20.6. The van der Waals surface area contributed by atoms with Crippen molar-refractivity contribution < 1.29 is 29.1 Å². The average Bonchev–Trinajstić information content (AvgIpc) is 2.75. The smallest absolute Gasteiger partial charge is 0.238 e. The molecule has 28 heavy (non-hydrogen) atoms. The fourth-order valence-electron chi connectivity index (χ4n) is 3.18. The molecule has 1 saturated heterocycles. The van der Waals surface area contributed by atoms with Crippen LogP contribution in [-0.2, 0) is 15.7 Å². The second-order valence-corrected chi connectivity index (χ2v) is 11.8. The average molecular weight is 435 g/mol. The maximum atomic E-state index is 12.0. The summed E-state index contributed by atoms with van der Waals surface area (Å²) in [6, 6.07) is 9.95. The highest BCUT2D eigenvalue weighted by atomic mass is 31.2. The number of hydrogen-bond donors (Lipinski definition) is 4. The number of hydrogen-bond acceptors (Lipinski definition) is 7. The van der Waals surface area contributed by atoms with Gasteiger partial charge in [0.05, 0.1) is 12.6 Å². The lowest BCUT2D eigenvalue weighted by Crippen LogP contribution is -2.37. The molecule has 0 spiro atoms. The molecule has 0 saturated carbocycles. The van der Waals surface area contributed by atoms with E-state index in [1.165, 1.54) is 0 Å². The molecule has 0 radical (unpaired) electrons. The molecule has 4 N–H and O–H groups in total. The third-order valence-corrected chi connectivity index (χ3v) is 7.30. The summed E-state index contributed by atoms with van der Waals surface area (Å²) in [5, 5.41) is 18.3. The number of benzene rings is 1. The van der Waals surface area contributed by atoms with Gasteiger partial charge in [0.25, 0.3) is 0 Å². The van der Waals surface area contributed by atoms with E-state index in [1.807, 2.05) is 40.1 Å². The monoisotopic (exact) mass is 435 g/mol. The molecule has 11 heteroatoms. The molecule has 1 aromatic carbocycles. The molecule has 2 rings (SSSR count). The van der Waals surface area contributed by atoms with Crippen LogP contribution in [0.25, 0.3) is 0 Å². The number of nitrogens with zero attached hydrogens (tertiary/aromatic N) is 3. The topological polar surface area (TPSA) is 125 Å². The van der Waals surface area contributed by atoms with E-state index in [9.17, 15) is 18.9 Å². The van der Waals surface area contributed by atoms with E-state index in [0.717, 1.165) is 5.56 Å². The first-order chi connectivity index (χ1) is 13.2. The van der Waals surface area contributed by atoms with E-state index in [2.05, 4.69) is 4.90 Å². The van der Waals surface area contributed by atoms with Crippen molar-refractivity contribution in [2.24, 2.45) is 0 Å². The first kappa shape index (κ1) is 23.7. The zero-order valence-corrected chi connectivity index (χ0v) is 17.8. The minimum absolute atomic E-state index is 0.118. The fraction of sp³-hybridized carbons (Fsp3) is 0.647. The van der Waals surface area contributed by atoms with Gasteiger partial charge in [-0.05, 0) is 5.56 Å². The molecule has 1 aliphatic rings. The van der Waals surface area contributed by atoms with Gasteiger partial charge in [0, 0.05) is 45.8 Å². The van der Waals surface area contributed by atoms with Crippen LogP contribution in [0.5, 0.6) is 0 Å². The molecule has 1 fully saturated rings. The largest absolute Gasteiger partial charge is 0.386 e. The third kappa shape index (κ3) is 8.41. The molecule has 9 nitrogen and oxygen atoms in total. The number of aliphatic hydroxyl groups excluding tert-OH is 2. The Bertz CT molecular complexity index is 655. The molecular formula is C17H31N3O6P2. The standard InChI is InChI=1S/C17H31N3O6P2/c21-15-27(23,24)13-19-8-6-18(12-17-4-2-1-3-5-17)7-9-20(11-10-19)14-28(25,26)16-22/h1-5,21-22H,6-16H2,(H,23,24)(H,25,26). The van der Waals surface area contributed by atoms with Crippen molar-refractivity contribution in [1.82, 2.24) is 14.7 Å². The zero-order valence-electron chi connectivity index (χ0n) is 16.0. The van der Waals surface area contributed by atoms with Crippen LogP contribution in [0.1, 0.15) is 5.56 Å². The van der Waals surface area contributed by atoms with E-state index in [-0.39, 0.29) is 12.6 Å². The van der Waals surface area contributed by atoms with Gasteiger partial charge in [0.15, 0.2) is 0 Å². The Morgan fingerprint density at radius 3 is 1.50 bits per heavy atom. The first-order valence-corrected chi connectivity index (χ1v) is 13.3. The molecule has 0 aromatic heterocycles. The van der Waals surface area contributed by atoms with Gasteiger partial charge >= 0.3 is 0 Å². The molecule has 160 valence electrons. The molecule has 2 unspecified atom stereocenters. The van der Waals surface area contributed by atoms with Crippen molar-refractivity contribution >= 4 is 14.7 Å². The summed E-state index contributed by atoms with van der Waals surface area (Å²) in [7, 11) is -7.28. The van der Waals surface area contributed by atoms with Gasteiger partial charge in [-0.1, -0.05) is 30.3 Å². The normalized spacial score (nSPS) is 22.6. The van der Waals surface area contributed by atoms with Crippen LogP contribution in [0.3, 0.4) is 0 Å². The summed E-state index contributed by atoms with van der Waals surface area (Å²) < 4.78 is 24.0. The molecule has 0 amide bonds. The van der Waals surface area contributed by atoms with Crippen LogP contribution in [0, 0.1) is 0 Å². The van der Waals surface area contributed by atoms with Gasteiger partial charge < -0.3 is 20.0 Å². The van der Waals surface area contributed by atoms with Crippen LogP contribution in [-0.4, -0.2) is 99.2 Å². The maximum absolute atomic E-state index is 12.0. The van der Waals surface area contributed by atoms with E-state index >= 15 is 0 Å². The van der Waals surface area contributed by atoms with Crippen molar-refractivity contribution in [3.63, 3.8) is 0 Å². The lowest BCUT2D eigenvalue weighted by atomic mass is 10.2. The van der Waals surface area contributed by atoms with Crippen molar-refractivity contribution in [2.75, 3.05) is 64.5 Å².